The zero-order valence-electron chi connectivity index (χ0n) is 14.6. The highest BCUT2D eigenvalue weighted by Crippen LogP contribution is 2.39. The van der Waals surface area contributed by atoms with Crippen LogP contribution in [0.25, 0.3) is 5.76 Å². The van der Waals surface area contributed by atoms with Gasteiger partial charge in [0.15, 0.2) is 0 Å². The Morgan fingerprint density at radius 1 is 1.12 bits per heavy atom. The molecule has 134 valence electrons. The van der Waals surface area contributed by atoms with Gasteiger partial charge in [0.2, 0.25) is 0 Å². The maximum atomic E-state index is 13.8. The Balaban J connectivity index is 2.20. The van der Waals surface area contributed by atoms with E-state index in [4.69, 9.17) is 0 Å². The van der Waals surface area contributed by atoms with E-state index in [1.165, 1.54) is 23.1 Å². The molecule has 1 fully saturated rings. The van der Waals surface area contributed by atoms with Crippen molar-refractivity contribution in [3.8, 4) is 0 Å². The van der Waals surface area contributed by atoms with E-state index < -0.39 is 23.5 Å². The van der Waals surface area contributed by atoms with Crippen molar-refractivity contribution < 1.29 is 19.1 Å². The number of nitrogens with zero attached hydrogens (tertiary/aromatic N) is 1. The first-order chi connectivity index (χ1) is 12.4. The van der Waals surface area contributed by atoms with Gasteiger partial charge in [0.25, 0.3) is 11.7 Å². The molecule has 1 atom stereocenters. The standard InChI is InChI=1S/C21H20FNO3/c1-13(2)12-23-18(15-9-6-10-16(22)11-15)17(20(25)21(23)26)19(24)14-7-4-3-5-8-14/h3-11,13,18,24H,12H2,1-2H3/b19-17-. The maximum absolute atomic E-state index is 13.8. The van der Waals surface area contributed by atoms with Gasteiger partial charge in [-0.15, -0.1) is 0 Å². The van der Waals surface area contributed by atoms with Crippen molar-refractivity contribution in [2.75, 3.05) is 6.54 Å². The third-order valence-corrected chi connectivity index (χ3v) is 4.31. The highest BCUT2D eigenvalue weighted by molar-refractivity contribution is 6.46. The van der Waals surface area contributed by atoms with Gasteiger partial charge in [0.1, 0.15) is 11.6 Å². The van der Waals surface area contributed by atoms with Gasteiger partial charge >= 0.3 is 0 Å². The molecule has 1 unspecified atom stereocenters. The summed E-state index contributed by atoms with van der Waals surface area (Å²) in [6, 6.07) is 13.5. The first-order valence-electron chi connectivity index (χ1n) is 8.49. The predicted molar refractivity (Wildman–Crippen MR) is 96.7 cm³/mol. The van der Waals surface area contributed by atoms with Gasteiger partial charge in [0, 0.05) is 12.1 Å². The van der Waals surface area contributed by atoms with Crippen LogP contribution >= 0.6 is 0 Å². The minimum atomic E-state index is -0.812. The molecule has 5 heteroatoms. The average molecular weight is 353 g/mol. The van der Waals surface area contributed by atoms with E-state index in [0.717, 1.165) is 0 Å². The number of likely N-dealkylation sites (tertiary alicyclic amines) is 1. The summed E-state index contributed by atoms with van der Waals surface area (Å²) in [4.78, 5) is 26.7. The number of hydrogen-bond donors (Lipinski definition) is 1. The van der Waals surface area contributed by atoms with E-state index in [1.54, 1.807) is 36.4 Å². The summed E-state index contributed by atoms with van der Waals surface area (Å²) < 4.78 is 13.8. The van der Waals surface area contributed by atoms with Crippen molar-refractivity contribution in [1.82, 2.24) is 4.90 Å². The van der Waals surface area contributed by atoms with Crippen molar-refractivity contribution in [1.29, 1.82) is 0 Å². The summed E-state index contributed by atoms with van der Waals surface area (Å²) in [5, 5.41) is 10.7. The molecule has 1 amide bonds. The van der Waals surface area contributed by atoms with Gasteiger partial charge in [-0.05, 0) is 23.6 Å². The van der Waals surface area contributed by atoms with Crippen LogP contribution in [-0.4, -0.2) is 28.2 Å². The summed E-state index contributed by atoms with van der Waals surface area (Å²) in [5.41, 5.74) is 0.895. The summed E-state index contributed by atoms with van der Waals surface area (Å²) in [5.74, 6) is -2.02. The van der Waals surface area contributed by atoms with E-state index in [1.807, 2.05) is 13.8 Å². The van der Waals surface area contributed by atoms with Crippen molar-refractivity contribution in [3.05, 3.63) is 77.1 Å². The zero-order valence-corrected chi connectivity index (χ0v) is 14.6. The van der Waals surface area contributed by atoms with Crippen LogP contribution in [-0.2, 0) is 9.59 Å². The second kappa shape index (κ2) is 7.12. The quantitative estimate of drug-likeness (QED) is 0.515. The minimum Gasteiger partial charge on any atom is -0.507 e. The van der Waals surface area contributed by atoms with Gasteiger partial charge in [0.05, 0.1) is 11.6 Å². The van der Waals surface area contributed by atoms with Gasteiger partial charge in [-0.2, -0.15) is 0 Å². The summed E-state index contributed by atoms with van der Waals surface area (Å²) in [6.45, 7) is 4.19. The third kappa shape index (κ3) is 3.25. The lowest BCUT2D eigenvalue weighted by atomic mass is 9.95. The van der Waals surface area contributed by atoms with Crippen LogP contribution in [0.15, 0.2) is 60.2 Å². The van der Waals surface area contributed by atoms with Gasteiger partial charge < -0.3 is 10.0 Å². The van der Waals surface area contributed by atoms with Crippen LogP contribution in [0.5, 0.6) is 0 Å². The molecular formula is C21H20FNO3. The van der Waals surface area contributed by atoms with Crippen molar-refractivity contribution in [3.63, 3.8) is 0 Å². The van der Waals surface area contributed by atoms with E-state index in [-0.39, 0.29) is 17.3 Å². The first-order valence-corrected chi connectivity index (χ1v) is 8.49. The van der Waals surface area contributed by atoms with Crippen LogP contribution in [0.2, 0.25) is 0 Å². The molecule has 4 nitrogen and oxygen atoms in total. The van der Waals surface area contributed by atoms with Gasteiger partial charge in [-0.3, -0.25) is 9.59 Å². The largest absolute Gasteiger partial charge is 0.507 e. The Bertz CT molecular complexity index is 874. The molecule has 0 saturated carbocycles. The molecule has 0 bridgehead atoms. The molecule has 26 heavy (non-hydrogen) atoms. The van der Waals surface area contributed by atoms with E-state index in [0.29, 0.717) is 17.7 Å². The monoisotopic (exact) mass is 353 g/mol. The first kappa shape index (κ1) is 17.9. The van der Waals surface area contributed by atoms with E-state index in [2.05, 4.69) is 0 Å². The molecule has 1 heterocycles. The molecule has 1 aliphatic rings. The fourth-order valence-corrected chi connectivity index (χ4v) is 3.24. The Morgan fingerprint density at radius 3 is 2.42 bits per heavy atom. The second-order valence-corrected chi connectivity index (χ2v) is 6.77. The maximum Gasteiger partial charge on any atom is 0.295 e. The van der Waals surface area contributed by atoms with Crippen LogP contribution in [0.3, 0.4) is 0 Å². The SMILES string of the molecule is CC(C)CN1C(=O)C(=O)/C(=C(\O)c2ccccc2)C1c1cccc(F)c1. The molecule has 3 rings (SSSR count). The molecular weight excluding hydrogens is 333 g/mol. The van der Waals surface area contributed by atoms with E-state index >= 15 is 0 Å². The van der Waals surface area contributed by atoms with Gasteiger partial charge in [-0.1, -0.05) is 56.3 Å². The molecule has 1 N–H and O–H groups in total. The molecule has 0 aliphatic carbocycles. The van der Waals surface area contributed by atoms with Gasteiger partial charge in [-0.25, -0.2) is 4.39 Å². The molecule has 0 radical (unpaired) electrons. The highest BCUT2D eigenvalue weighted by Gasteiger charge is 2.46. The predicted octanol–water partition coefficient (Wildman–Crippen LogP) is 3.90. The lowest BCUT2D eigenvalue weighted by Crippen LogP contribution is -2.33. The number of ketones is 1. The molecule has 2 aromatic carbocycles. The normalized spacial score (nSPS) is 19.4. The minimum absolute atomic E-state index is 0.00699. The number of halogens is 1. The Kier molecular flexibility index (Phi) is 4.89. The number of hydrogen-bond acceptors (Lipinski definition) is 3. The van der Waals surface area contributed by atoms with Crippen LogP contribution in [0.4, 0.5) is 4.39 Å². The van der Waals surface area contributed by atoms with Crippen molar-refractivity contribution in [2.45, 2.75) is 19.9 Å². The lowest BCUT2D eigenvalue weighted by molar-refractivity contribution is -0.140. The van der Waals surface area contributed by atoms with Crippen molar-refractivity contribution >= 4 is 17.4 Å². The molecule has 0 aromatic heterocycles. The second-order valence-electron chi connectivity index (χ2n) is 6.77. The Morgan fingerprint density at radius 2 is 1.81 bits per heavy atom. The van der Waals surface area contributed by atoms with Crippen LogP contribution < -0.4 is 0 Å². The summed E-state index contributed by atoms with van der Waals surface area (Å²) >= 11 is 0. The Labute approximate surface area is 151 Å². The number of aliphatic hydroxyl groups is 1. The number of carbonyl (C=O) groups excluding carboxylic acids is 2. The average Bonchev–Trinajstić information content (AvgIpc) is 2.86. The zero-order chi connectivity index (χ0) is 18.8. The van der Waals surface area contributed by atoms with Crippen LogP contribution in [0.1, 0.15) is 31.0 Å². The fraction of sp³-hybridized carbons (Fsp3) is 0.238. The third-order valence-electron chi connectivity index (χ3n) is 4.31. The number of rotatable bonds is 4. The molecule has 0 spiro atoms. The summed E-state index contributed by atoms with van der Waals surface area (Å²) in [7, 11) is 0. The highest BCUT2D eigenvalue weighted by atomic mass is 19.1. The lowest BCUT2D eigenvalue weighted by Gasteiger charge is -2.26. The summed E-state index contributed by atoms with van der Waals surface area (Å²) in [6.07, 6.45) is 0. The fourth-order valence-electron chi connectivity index (χ4n) is 3.24. The number of carbonyl (C=O) groups is 2. The van der Waals surface area contributed by atoms with Crippen molar-refractivity contribution in [2.24, 2.45) is 5.92 Å². The Hall–Kier alpha value is -2.95. The smallest absolute Gasteiger partial charge is 0.295 e. The number of amides is 1. The molecule has 2 aromatic rings. The number of benzene rings is 2. The molecule has 1 saturated heterocycles. The molecule has 1 aliphatic heterocycles. The van der Waals surface area contributed by atoms with E-state index in [9.17, 15) is 19.1 Å². The number of Topliss-reactive ketones (excluding diaryl/α,β-unsaturated/α-hetero) is 1. The van der Waals surface area contributed by atoms with Crippen LogP contribution in [0, 0.1) is 11.7 Å². The number of aliphatic hydroxyl groups excluding tert-OH is 1. The topological polar surface area (TPSA) is 57.6 Å².